The number of aromatic nitrogens is 1. The smallest absolute Gasteiger partial charge is 0.0944 e. The van der Waals surface area contributed by atoms with Gasteiger partial charge in [0.1, 0.15) is 0 Å². The molecule has 78 valence electrons. The number of hydrogen-bond donors (Lipinski definition) is 2. The first-order chi connectivity index (χ1) is 6.86. The van der Waals surface area contributed by atoms with Crippen LogP contribution in [0.4, 0.5) is 0 Å². The maximum Gasteiger partial charge on any atom is 0.0944 e. The quantitative estimate of drug-likeness (QED) is 0.765. The Balaban J connectivity index is 1.74. The summed E-state index contributed by atoms with van der Waals surface area (Å²) < 4.78 is 5.80. The van der Waals surface area contributed by atoms with Crippen molar-refractivity contribution in [1.29, 1.82) is 0 Å². The predicted octanol–water partition coefficient (Wildman–Crippen LogP) is 1.70. The fourth-order valence-corrected chi connectivity index (χ4v) is 1.82. The SMILES string of the molecule is C[C@H](OC[C@H]1CCNC1)c1ccc[nH]1. The Morgan fingerprint density at radius 2 is 2.57 bits per heavy atom. The Kier molecular flexibility index (Phi) is 3.22. The van der Waals surface area contributed by atoms with Gasteiger partial charge in [0.15, 0.2) is 0 Å². The Morgan fingerprint density at radius 1 is 1.64 bits per heavy atom. The first-order valence-corrected chi connectivity index (χ1v) is 5.32. The fourth-order valence-electron chi connectivity index (χ4n) is 1.82. The van der Waals surface area contributed by atoms with Gasteiger partial charge in [0, 0.05) is 18.4 Å². The van der Waals surface area contributed by atoms with Crippen LogP contribution in [0.25, 0.3) is 0 Å². The van der Waals surface area contributed by atoms with Gasteiger partial charge in [0.25, 0.3) is 0 Å². The van der Waals surface area contributed by atoms with E-state index in [1.54, 1.807) is 0 Å². The van der Waals surface area contributed by atoms with Gasteiger partial charge in [0.2, 0.25) is 0 Å². The molecule has 2 rings (SSSR count). The number of rotatable bonds is 4. The summed E-state index contributed by atoms with van der Waals surface area (Å²) in [7, 11) is 0. The van der Waals surface area contributed by atoms with Gasteiger partial charge in [-0.2, -0.15) is 0 Å². The lowest BCUT2D eigenvalue weighted by Gasteiger charge is -2.14. The van der Waals surface area contributed by atoms with Gasteiger partial charge in [-0.25, -0.2) is 0 Å². The van der Waals surface area contributed by atoms with Crippen LogP contribution < -0.4 is 5.32 Å². The Morgan fingerprint density at radius 3 is 3.21 bits per heavy atom. The molecular weight excluding hydrogens is 176 g/mol. The minimum Gasteiger partial charge on any atom is -0.372 e. The summed E-state index contributed by atoms with van der Waals surface area (Å²) in [6.07, 6.45) is 3.37. The van der Waals surface area contributed by atoms with Gasteiger partial charge in [-0.3, -0.25) is 0 Å². The summed E-state index contributed by atoms with van der Waals surface area (Å²) in [4.78, 5) is 3.17. The topological polar surface area (TPSA) is 37.0 Å². The number of nitrogens with one attached hydrogen (secondary N) is 2. The molecule has 1 aliphatic rings. The number of aromatic amines is 1. The summed E-state index contributed by atoms with van der Waals surface area (Å²) in [6.45, 7) is 5.21. The van der Waals surface area contributed by atoms with Crippen molar-refractivity contribution in [1.82, 2.24) is 10.3 Å². The lowest BCUT2D eigenvalue weighted by atomic mass is 10.1. The highest BCUT2D eigenvalue weighted by Gasteiger charge is 2.16. The number of ether oxygens (including phenoxy) is 1. The summed E-state index contributed by atoms with van der Waals surface area (Å²) >= 11 is 0. The molecule has 3 heteroatoms. The zero-order valence-corrected chi connectivity index (χ0v) is 8.62. The summed E-state index contributed by atoms with van der Waals surface area (Å²) in [5, 5.41) is 3.34. The third-order valence-electron chi connectivity index (χ3n) is 2.80. The van der Waals surface area contributed by atoms with Gasteiger partial charge in [-0.1, -0.05) is 0 Å². The predicted molar refractivity (Wildman–Crippen MR) is 56.1 cm³/mol. The summed E-state index contributed by atoms with van der Waals surface area (Å²) in [5.41, 5.74) is 1.16. The standard InChI is InChI=1S/C11H18N2O/c1-9(11-3-2-5-13-11)14-8-10-4-6-12-7-10/h2-3,5,9-10,12-13H,4,6-8H2,1H3/t9-,10-/m0/s1. The molecular formula is C11H18N2O. The van der Waals surface area contributed by atoms with E-state index in [4.69, 9.17) is 4.74 Å². The molecule has 1 aliphatic heterocycles. The molecule has 0 radical (unpaired) electrons. The highest BCUT2D eigenvalue weighted by atomic mass is 16.5. The van der Waals surface area contributed by atoms with Gasteiger partial charge in [0.05, 0.1) is 12.7 Å². The van der Waals surface area contributed by atoms with E-state index >= 15 is 0 Å². The molecule has 0 amide bonds. The molecule has 2 heterocycles. The largest absolute Gasteiger partial charge is 0.372 e. The van der Waals surface area contributed by atoms with Crippen LogP contribution in [0.1, 0.15) is 25.1 Å². The van der Waals surface area contributed by atoms with Crippen molar-refractivity contribution in [2.45, 2.75) is 19.4 Å². The molecule has 0 aromatic carbocycles. The molecule has 0 spiro atoms. The van der Waals surface area contributed by atoms with Gasteiger partial charge in [-0.05, 0) is 37.9 Å². The van der Waals surface area contributed by atoms with Gasteiger partial charge in [-0.15, -0.1) is 0 Å². The van der Waals surface area contributed by atoms with E-state index in [0.29, 0.717) is 5.92 Å². The van der Waals surface area contributed by atoms with E-state index in [1.807, 2.05) is 12.3 Å². The van der Waals surface area contributed by atoms with Crippen LogP contribution in [0.3, 0.4) is 0 Å². The maximum atomic E-state index is 5.80. The normalized spacial score (nSPS) is 23.9. The first-order valence-electron chi connectivity index (χ1n) is 5.32. The van der Waals surface area contributed by atoms with Crippen LogP contribution in [-0.2, 0) is 4.74 Å². The zero-order chi connectivity index (χ0) is 9.80. The van der Waals surface area contributed by atoms with Crippen molar-refractivity contribution in [3.05, 3.63) is 24.0 Å². The molecule has 1 aromatic rings. The third-order valence-corrected chi connectivity index (χ3v) is 2.80. The fraction of sp³-hybridized carbons (Fsp3) is 0.636. The molecule has 2 atom stereocenters. The lowest BCUT2D eigenvalue weighted by Crippen LogP contribution is -2.15. The molecule has 1 saturated heterocycles. The second kappa shape index (κ2) is 4.62. The minimum atomic E-state index is 0.186. The third kappa shape index (κ3) is 2.36. The van der Waals surface area contributed by atoms with Gasteiger partial charge < -0.3 is 15.0 Å². The van der Waals surface area contributed by atoms with Crippen LogP contribution in [0.15, 0.2) is 18.3 Å². The Labute approximate surface area is 84.9 Å². The van der Waals surface area contributed by atoms with Crippen LogP contribution in [0.2, 0.25) is 0 Å². The summed E-state index contributed by atoms with van der Waals surface area (Å²) in [5.74, 6) is 0.701. The zero-order valence-electron chi connectivity index (χ0n) is 8.62. The van der Waals surface area contributed by atoms with Crippen molar-refractivity contribution in [3.8, 4) is 0 Å². The molecule has 3 nitrogen and oxygen atoms in total. The average molecular weight is 194 g/mol. The molecule has 0 saturated carbocycles. The number of hydrogen-bond acceptors (Lipinski definition) is 2. The Bertz CT molecular complexity index is 252. The van der Waals surface area contributed by atoms with E-state index in [1.165, 1.54) is 6.42 Å². The molecule has 1 fully saturated rings. The molecule has 0 unspecified atom stereocenters. The second-order valence-corrected chi connectivity index (χ2v) is 3.96. The van der Waals surface area contributed by atoms with E-state index in [0.717, 1.165) is 25.4 Å². The van der Waals surface area contributed by atoms with Crippen LogP contribution in [0, 0.1) is 5.92 Å². The van der Waals surface area contributed by atoms with Crippen molar-refractivity contribution >= 4 is 0 Å². The summed E-state index contributed by atoms with van der Waals surface area (Å²) in [6, 6.07) is 4.07. The van der Waals surface area contributed by atoms with Crippen molar-refractivity contribution in [2.24, 2.45) is 5.92 Å². The van der Waals surface area contributed by atoms with Crippen LogP contribution >= 0.6 is 0 Å². The van der Waals surface area contributed by atoms with E-state index in [-0.39, 0.29) is 6.10 Å². The Hall–Kier alpha value is -0.800. The van der Waals surface area contributed by atoms with Crippen LogP contribution in [0.5, 0.6) is 0 Å². The maximum absolute atomic E-state index is 5.80. The minimum absolute atomic E-state index is 0.186. The van der Waals surface area contributed by atoms with E-state index in [9.17, 15) is 0 Å². The average Bonchev–Trinajstić information content (AvgIpc) is 2.87. The molecule has 2 N–H and O–H groups in total. The molecule has 0 aliphatic carbocycles. The van der Waals surface area contributed by atoms with Crippen molar-refractivity contribution in [2.75, 3.05) is 19.7 Å². The molecule has 0 bridgehead atoms. The van der Waals surface area contributed by atoms with Crippen LogP contribution in [-0.4, -0.2) is 24.7 Å². The first kappa shape index (κ1) is 9.74. The highest BCUT2D eigenvalue weighted by molar-refractivity contribution is 5.06. The van der Waals surface area contributed by atoms with Crippen molar-refractivity contribution in [3.63, 3.8) is 0 Å². The van der Waals surface area contributed by atoms with E-state index < -0.39 is 0 Å². The molecule has 14 heavy (non-hydrogen) atoms. The van der Waals surface area contributed by atoms with Gasteiger partial charge >= 0.3 is 0 Å². The highest BCUT2D eigenvalue weighted by Crippen LogP contribution is 2.17. The lowest BCUT2D eigenvalue weighted by molar-refractivity contribution is 0.0413. The monoisotopic (exact) mass is 194 g/mol. The molecule has 1 aromatic heterocycles. The second-order valence-electron chi connectivity index (χ2n) is 3.96. The van der Waals surface area contributed by atoms with Crippen molar-refractivity contribution < 1.29 is 4.74 Å². The number of H-pyrrole nitrogens is 1. The van der Waals surface area contributed by atoms with E-state index in [2.05, 4.69) is 23.3 Å².